The molecule has 3 heterocycles. The molecule has 7 heteroatoms. The lowest BCUT2D eigenvalue weighted by Crippen LogP contribution is -2.48. The molecule has 0 radical (unpaired) electrons. The van der Waals surface area contributed by atoms with Crippen LogP contribution in [-0.4, -0.2) is 45.6 Å². The van der Waals surface area contributed by atoms with Crippen molar-refractivity contribution in [3.63, 3.8) is 0 Å². The minimum absolute atomic E-state index is 0. The smallest absolute Gasteiger partial charge is 0.274 e. The van der Waals surface area contributed by atoms with Gasteiger partial charge in [-0.05, 0) is 30.5 Å². The first-order valence-corrected chi connectivity index (χ1v) is 7.80. The van der Waals surface area contributed by atoms with Crippen molar-refractivity contribution in [2.24, 2.45) is 0 Å². The summed E-state index contributed by atoms with van der Waals surface area (Å²) in [4.78, 5) is 18.9. The lowest BCUT2D eigenvalue weighted by molar-refractivity contribution is 0.0628. The molecule has 1 atom stereocenters. The zero-order valence-electron chi connectivity index (χ0n) is 12.7. The lowest BCUT2D eigenvalue weighted by Gasteiger charge is -2.35. The zero-order valence-corrected chi connectivity index (χ0v) is 13.6. The van der Waals surface area contributed by atoms with Crippen LogP contribution >= 0.6 is 12.4 Å². The van der Waals surface area contributed by atoms with E-state index in [1.54, 1.807) is 6.20 Å². The normalized spacial score (nSPS) is 20.9. The molecule has 122 valence electrons. The van der Waals surface area contributed by atoms with Gasteiger partial charge in [0.05, 0.1) is 6.04 Å². The fourth-order valence-electron chi connectivity index (χ4n) is 3.02. The molecular formula is C16H20ClN5O. The summed E-state index contributed by atoms with van der Waals surface area (Å²) >= 11 is 0. The molecule has 1 amide bonds. The topological polar surface area (TPSA) is 73.9 Å². The Morgan fingerprint density at radius 2 is 2.22 bits per heavy atom. The first-order chi connectivity index (χ1) is 10.8. The fourth-order valence-corrected chi connectivity index (χ4v) is 3.02. The molecular weight excluding hydrogens is 314 g/mol. The highest BCUT2D eigenvalue weighted by Gasteiger charge is 2.31. The van der Waals surface area contributed by atoms with Gasteiger partial charge in [0.1, 0.15) is 5.69 Å². The monoisotopic (exact) mass is 333 g/mol. The summed E-state index contributed by atoms with van der Waals surface area (Å²) in [5.74, 6) is 0.574. The molecule has 23 heavy (non-hydrogen) atoms. The van der Waals surface area contributed by atoms with E-state index < -0.39 is 0 Å². The van der Waals surface area contributed by atoms with E-state index in [0.717, 1.165) is 24.3 Å². The molecule has 2 aliphatic rings. The van der Waals surface area contributed by atoms with Gasteiger partial charge in [0.15, 0.2) is 0 Å². The first-order valence-electron chi connectivity index (χ1n) is 7.80. The first kappa shape index (κ1) is 16.0. The molecule has 1 saturated heterocycles. The fraction of sp³-hybridized carbons (Fsp3) is 0.438. The summed E-state index contributed by atoms with van der Waals surface area (Å²) < 4.78 is 0. The highest BCUT2D eigenvalue weighted by atomic mass is 35.5. The number of aromatic amines is 1. The van der Waals surface area contributed by atoms with Crippen molar-refractivity contribution >= 4 is 18.3 Å². The second-order valence-corrected chi connectivity index (χ2v) is 5.99. The molecule has 2 fully saturated rings. The van der Waals surface area contributed by atoms with E-state index in [1.807, 2.05) is 29.3 Å². The second-order valence-electron chi connectivity index (χ2n) is 5.99. The van der Waals surface area contributed by atoms with Crippen LogP contribution in [0.4, 0.5) is 0 Å². The number of piperazine rings is 1. The Hall–Kier alpha value is -1.92. The van der Waals surface area contributed by atoms with E-state index in [2.05, 4.69) is 20.5 Å². The van der Waals surface area contributed by atoms with Crippen LogP contribution in [0, 0.1) is 0 Å². The number of H-pyrrole nitrogens is 1. The number of hydrogen-bond donors (Lipinski definition) is 2. The van der Waals surface area contributed by atoms with Crippen LogP contribution in [0.25, 0.3) is 0 Å². The molecule has 2 N–H and O–H groups in total. The van der Waals surface area contributed by atoms with Gasteiger partial charge in [-0.2, -0.15) is 5.10 Å². The zero-order chi connectivity index (χ0) is 14.9. The van der Waals surface area contributed by atoms with Crippen LogP contribution in [0.2, 0.25) is 0 Å². The number of nitrogens with one attached hydrogen (secondary N) is 2. The number of aromatic nitrogens is 3. The summed E-state index contributed by atoms with van der Waals surface area (Å²) in [5.41, 5.74) is 2.68. The summed E-state index contributed by atoms with van der Waals surface area (Å²) in [6, 6.07) is 5.86. The predicted octanol–water partition coefficient (Wildman–Crippen LogP) is 1.89. The number of hydrogen-bond acceptors (Lipinski definition) is 4. The SMILES string of the molecule is Cl.O=C(c1cc(C2CC2)[nH]n1)N1CCNCC1c1cccnc1. The third-order valence-electron chi connectivity index (χ3n) is 4.41. The maximum atomic E-state index is 12.8. The van der Waals surface area contributed by atoms with Gasteiger partial charge in [-0.25, -0.2) is 0 Å². The molecule has 1 aliphatic carbocycles. The van der Waals surface area contributed by atoms with E-state index in [4.69, 9.17) is 0 Å². The number of amides is 1. The highest BCUT2D eigenvalue weighted by molar-refractivity contribution is 5.92. The number of nitrogens with zero attached hydrogens (tertiary/aromatic N) is 3. The summed E-state index contributed by atoms with van der Waals surface area (Å²) in [6.45, 7) is 2.24. The minimum atomic E-state index is -0.00139. The van der Waals surface area contributed by atoms with E-state index in [0.29, 0.717) is 18.2 Å². The van der Waals surface area contributed by atoms with Gasteiger partial charge in [-0.1, -0.05) is 6.07 Å². The van der Waals surface area contributed by atoms with Gasteiger partial charge in [-0.15, -0.1) is 12.4 Å². The molecule has 1 unspecified atom stereocenters. The molecule has 2 aromatic heterocycles. The van der Waals surface area contributed by atoms with Crippen molar-refractivity contribution in [2.45, 2.75) is 24.8 Å². The van der Waals surface area contributed by atoms with Crippen LogP contribution in [0.3, 0.4) is 0 Å². The molecule has 4 rings (SSSR count). The molecule has 0 aromatic carbocycles. The van der Waals surface area contributed by atoms with Crippen molar-refractivity contribution in [3.8, 4) is 0 Å². The third kappa shape index (κ3) is 3.23. The third-order valence-corrected chi connectivity index (χ3v) is 4.41. The van der Waals surface area contributed by atoms with Gasteiger partial charge >= 0.3 is 0 Å². The quantitative estimate of drug-likeness (QED) is 0.899. The van der Waals surface area contributed by atoms with Crippen molar-refractivity contribution in [2.75, 3.05) is 19.6 Å². The maximum Gasteiger partial charge on any atom is 0.274 e. The van der Waals surface area contributed by atoms with E-state index >= 15 is 0 Å². The average Bonchev–Trinajstić information content (AvgIpc) is 3.32. The number of rotatable bonds is 3. The number of halogens is 1. The molecule has 2 aromatic rings. The number of carbonyl (C=O) groups is 1. The Morgan fingerprint density at radius 1 is 1.35 bits per heavy atom. The predicted molar refractivity (Wildman–Crippen MR) is 88.7 cm³/mol. The van der Waals surface area contributed by atoms with Gasteiger partial charge in [0, 0.05) is 43.6 Å². The Morgan fingerprint density at radius 3 is 2.96 bits per heavy atom. The van der Waals surface area contributed by atoms with Crippen molar-refractivity contribution in [1.82, 2.24) is 25.4 Å². The lowest BCUT2D eigenvalue weighted by atomic mass is 10.0. The highest BCUT2D eigenvalue weighted by Crippen LogP contribution is 2.39. The molecule has 1 saturated carbocycles. The maximum absolute atomic E-state index is 12.8. The van der Waals surface area contributed by atoms with Crippen LogP contribution in [0.15, 0.2) is 30.6 Å². The standard InChI is InChI=1S/C16H19N5O.ClH/c22-16(14-8-13(19-20-14)11-3-4-11)21-7-6-18-10-15(21)12-2-1-5-17-9-12;/h1-2,5,8-9,11,15,18H,3-4,6-7,10H2,(H,19,20);1H. The second kappa shape index (κ2) is 6.68. The largest absolute Gasteiger partial charge is 0.328 e. The van der Waals surface area contributed by atoms with Gasteiger partial charge in [0.2, 0.25) is 0 Å². The van der Waals surface area contributed by atoms with E-state index in [1.165, 1.54) is 12.8 Å². The summed E-state index contributed by atoms with van der Waals surface area (Å²) in [5, 5.41) is 10.6. The van der Waals surface area contributed by atoms with Gasteiger partial charge in [-0.3, -0.25) is 14.9 Å². The number of carbonyl (C=O) groups excluding carboxylic acids is 1. The van der Waals surface area contributed by atoms with Crippen LogP contribution < -0.4 is 5.32 Å². The van der Waals surface area contributed by atoms with Gasteiger partial charge < -0.3 is 10.2 Å². The van der Waals surface area contributed by atoms with Crippen LogP contribution in [-0.2, 0) is 0 Å². The Balaban J connectivity index is 0.00000156. The van der Waals surface area contributed by atoms with Crippen molar-refractivity contribution in [3.05, 3.63) is 47.5 Å². The molecule has 1 aliphatic heterocycles. The summed E-state index contributed by atoms with van der Waals surface area (Å²) in [6.07, 6.45) is 5.98. The van der Waals surface area contributed by atoms with Crippen molar-refractivity contribution < 1.29 is 4.79 Å². The van der Waals surface area contributed by atoms with Crippen LogP contribution in [0.5, 0.6) is 0 Å². The van der Waals surface area contributed by atoms with Crippen molar-refractivity contribution in [1.29, 1.82) is 0 Å². The summed E-state index contributed by atoms with van der Waals surface area (Å²) in [7, 11) is 0. The number of pyridine rings is 1. The molecule has 0 spiro atoms. The van der Waals surface area contributed by atoms with E-state index in [-0.39, 0.29) is 24.4 Å². The Labute approximate surface area is 141 Å². The molecule has 6 nitrogen and oxygen atoms in total. The van der Waals surface area contributed by atoms with Crippen LogP contribution in [0.1, 0.15) is 46.5 Å². The van der Waals surface area contributed by atoms with E-state index in [9.17, 15) is 4.79 Å². The average molecular weight is 334 g/mol. The molecule has 0 bridgehead atoms. The minimum Gasteiger partial charge on any atom is -0.328 e. The Kier molecular flexibility index (Phi) is 4.63. The Bertz CT molecular complexity index is 670. The van der Waals surface area contributed by atoms with Gasteiger partial charge in [0.25, 0.3) is 5.91 Å².